The first kappa shape index (κ1) is 8.30. The zero-order valence-corrected chi connectivity index (χ0v) is 6.70. The molecule has 0 spiro atoms. The summed E-state index contributed by atoms with van der Waals surface area (Å²) >= 11 is 0. The lowest BCUT2D eigenvalue weighted by Gasteiger charge is -2.09. The minimum atomic E-state index is -0.162. The summed E-state index contributed by atoms with van der Waals surface area (Å²) in [6.07, 6.45) is 1.61. The molecule has 1 atom stereocenters. The quantitative estimate of drug-likeness (QED) is 0.584. The highest BCUT2D eigenvalue weighted by molar-refractivity contribution is 5.35. The van der Waals surface area contributed by atoms with Crippen molar-refractivity contribution in [2.45, 2.75) is 19.9 Å². The molecule has 1 unspecified atom stereocenters. The maximum atomic E-state index is 9.38. The predicted molar refractivity (Wildman–Crippen MR) is 42.1 cm³/mol. The molecule has 60 valence electrons. The van der Waals surface area contributed by atoms with E-state index < -0.39 is 0 Å². The zero-order chi connectivity index (χ0) is 8.43. The van der Waals surface area contributed by atoms with E-state index in [1.807, 2.05) is 6.92 Å². The molecule has 3 nitrogen and oxygen atoms in total. The van der Waals surface area contributed by atoms with Gasteiger partial charge in [-0.05, 0) is 6.92 Å². The second-order valence-electron chi connectivity index (χ2n) is 2.65. The molecule has 0 aliphatic carbocycles. The van der Waals surface area contributed by atoms with Gasteiger partial charge in [0.25, 0.3) is 6.04 Å². The molecule has 0 saturated heterocycles. The number of hydrogen-bond acceptors (Lipinski definition) is 2. The standard InChI is InChI=1S/C8H12NO2/c1-5-7(4-10)3-9-6(2)8(5)11/h3,6,10-11H,4H2,1-2H3/q+1. The first-order chi connectivity index (χ1) is 5.16. The van der Waals surface area contributed by atoms with Crippen LogP contribution in [-0.2, 0) is 0 Å². The Morgan fingerprint density at radius 2 is 2.27 bits per heavy atom. The SMILES string of the molecule is CC1=C(O)C(C)[N+]C=C1CO. The molecule has 2 radical (unpaired) electrons. The summed E-state index contributed by atoms with van der Waals surface area (Å²) in [6, 6.07) is -0.162. The fraction of sp³-hybridized carbons (Fsp3) is 0.500. The Balaban J connectivity index is 2.90. The van der Waals surface area contributed by atoms with Gasteiger partial charge in [-0.15, -0.1) is 0 Å². The molecule has 11 heavy (non-hydrogen) atoms. The van der Waals surface area contributed by atoms with Crippen molar-refractivity contribution < 1.29 is 10.2 Å². The van der Waals surface area contributed by atoms with Crippen molar-refractivity contribution in [1.29, 1.82) is 0 Å². The van der Waals surface area contributed by atoms with Crippen LogP contribution in [0.5, 0.6) is 0 Å². The first-order valence-electron chi connectivity index (χ1n) is 3.56. The molecular formula is C8H12NO2+. The molecule has 1 rings (SSSR count). The summed E-state index contributed by atoms with van der Waals surface area (Å²) in [6.45, 7) is 3.53. The molecule has 1 aliphatic heterocycles. The van der Waals surface area contributed by atoms with Crippen LogP contribution in [0.15, 0.2) is 23.1 Å². The molecule has 0 bridgehead atoms. The highest BCUT2D eigenvalue weighted by Gasteiger charge is 2.28. The van der Waals surface area contributed by atoms with Gasteiger partial charge in [-0.1, -0.05) is 0 Å². The van der Waals surface area contributed by atoms with Crippen LogP contribution in [0.4, 0.5) is 0 Å². The van der Waals surface area contributed by atoms with E-state index in [0.717, 1.165) is 5.57 Å². The Hall–Kier alpha value is -0.800. The molecular weight excluding hydrogens is 142 g/mol. The van der Waals surface area contributed by atoms with Crippen molar-refractivity contribution in [3.8, 4) is 0 Å². The minimum Gasteiger partial charge on any atom is -0.506 e. The number of hydrogen-bond donors (Lipinski definition) is 2. The number of rotatable bonds is 1. The van der Waals surface area contributed by atoms with Crippen LogP contribution >= 0.6 is 0 Å². The predicted octanol–water partition coefficient (Wildman–Crippen LogP) is 0.701. The van der Waals surface area contributed by atoms with Gasteiger partial charge in [0.2, 0.25) is 6.20 Å². The zero-order valence-electron chi connectivity index (χ0n) is 6.70. The van der Waals surface area contributed by atoms with Gasteiger partial charge in [0, 0.05) is 18.1 Å². The third kappa shape index (κ3) is 1.44. The van der Waals surface area contributed by atoms with Crippen LogP contribution in [0.25, 0.3) is 0 Å². The first-order valence-corrected chi connectivity index (χ1v) is 3.56. The summed E-state index contributed by atoms with van der Waals surface area (Å²) < 4.78 is 0. The van der Waals surface area contributed by atoms with Gasteiger partial charge in [-0.2, -0.15) is 0 Å². The number of aliphatic hydroxyl groups excluding tert-OH is 2. The van der Waals surface area contributed by atoms with Crippen molar-refractivity contribution >= 4 is 0 Å². The number of nitrogens with zero attached hydrogens (tertiary/aromatic N) is 1. The second kappa shape index (κ2) is 3.07. The third-order valence-corrected chi connectivity index (χ3v) is 1.89. The molecule has 1 heterocycles. The lowest BCUT2D eigenvalue weighted by Crippen LogP contribution is -2.23. The molecule has 0 aromatic heterocycles. The maximum Gasteiger partial charge on any atom is 0.253 e. The molecule has 2 N–H and O–H groups in total. The largest absolute Gasteiger partial charge is 0.506 e. The molecule has 3 heteroatoms. The summed E-state index contributed by atoms with van der Waals surface area (Å²) in [5.41, 5.74) is 1.44. The molecule has 0 amide bonds. The Bertz CT molecular complexity index is 218. The maximum absolute atomic E-state index is 9.38. The highest BCUT2D eigenvalue weighted by atomic mass is 16.3. The van der Waals surface area contributed by atoms with E-state index in [2.05, 4.69) is 5.32 Å². The Kier molecular flexibility index (Phi) is 2.31. The van der Waals surface area contributed by atoms with Gasteiger partial charge in [-0.3, -0.25) is 0 Å². The summed E-state index contributed by atoms with van der Waals surface area (Å²) in [5, 5.41) is 22.2. The minimum absolute atomic E-state index is 0.0634. The lowest BCUT2D eigenvalue weighted by atomic mass is 10.0. The van der Waals surface area contributed by atoms with E-state index in [1.54, 1.807) is 13.1 Å². The van der Waals surface area contributed by atoms with E-state index in [1.165, 1.54) is 0 Å². The fourth-order valence-electron chi connectivity index (χ4n) is 1.01. The van der Waals surface area contributed by atoms with E-state index in [4.69, 9.17) is 5.11 Å². The smallest absolute Gasteiger partial charge is 0.253 e. The average molecular weight is 154 g/mol. The molecule has 0 aromatic rings. The van der Waals surface area contributed by atoms with Crippen molar-refractivity contribution in [3.63, 3.8) is 0 Å². The van der Waals surface area contributed by atoms with Crippen LogP contribution in [-0.4, -0.2) is 22.9 Å². The van der Waals surface area contributed by atoms with Gasteiger partial charge in [0.05, 0.1) is 6.61 Å². The highest BCUT2D eigenvalue weighted by Crippen LogP contribution is 2.19. The monoisotopic (exact) mass is 154 g/mol. The Morgan fingerprint density at radius 1 is 1.64 bits per heavy atom. The van der Waals surface area contributed by atoms with Crippen molar-refractivity contribution in [2.75, 3.05) is 6.61 Å². The van der Waals surface area contributed by atoms with Gasteiger partial charge >= 0.3 is 0 Å². The summed E-state index contributed by atoms with van der Waals surface area (Å²) in [7, 11) is 0. The van der Waals surface area contributed by atoms with Gasteiger partial charge in [-0.25, -0.2) is 0 Å². The Labute approximate surface area is 66.0 Å². The van der Waals surface area contributed by atoms with Crippen LogP contribution in [0.3, 0.4) is 0 Å². The van der Waals surface area contributed by atoms with Gasteiger partial charge < -0.3 is 10.2 Å². The average Bonchev–Trinajstić information content (AvgIpc) is 2.01. The second-order valence-corrected chi connectivity index (χ2v) is 2.65. The van der Waals surface area contributed by atoms with Crippen LogP contribution in [0, 0.1) is 0 Å². The van der Waals surface area contributed by atoms with Crippen molar-refractivity contribution in [1.82, 2.24) is 5.32 Å². The molecule has 1 aliphatic rings. The molecule has 0 fully saturated rings. The normalized spacial score (nSPS) is 25.4. The van der Waals surface area contributed by atoms with Crippen LogP contribution in [0.1, 0.15) is 13.8 Å². The topological polar surface area (TPSA) is 54.6 Å². The van der Waals surface area contributed by atoms with E-state index in [9.17, 15) is 5.11 Å². The molecule has 0 saturated carbocycles. The third-order valence-electron chi connectivity index (χ3n) is 1.89. The van der Waals surface area contributed by atoms with Crippen LogP contribution in [0.2, 0.25) is 0 Å². The molecule has 0 aromatic carbocycles. The van der Waals surface area contributed by atoms with Crippen molar-refractivity contribution in [2.24, 2.45) is 0 Å². The van der Waals surface area contributed by atoms with E-state index in [0.29, 0.717) is 5.57 Å². The van der Waals surface area contributed by atoms with Gasteiger partial charge in [0.15, 0.2) is 5.76 Å². The number of aliphatic hydroxyl groups is 2. The van der Waals surface area contributed by atoms with E-state index in [-0.39, 0.29) is 18.4 Å². The van der Waals surface area contributed by atoms with E-state index >= 15 is 0 Å². The Morgan fingerprint density at radius 3 is 2.82 bits per heavy atom. The fourth-order valence-corrected chi connectivity index (χ4v) is 1.01. The van der Waals surface area contributed by atoms with Gasteiger partial charge in [0.1, 0.15) is 5.32 Å². The van der Waals surface area contributed by atoms with Crippen molar-refractivity contribution in [3.05, 3.63) is 23.1 Å². The lowest BCUT2D eigenvalue weighted by molar-refractivity contribution is 0.316. The summed E-state index contributed by atoms with van der Waals surface area (Å²) in [4.78, 5) is 0. The van der Waals surface area contributed by atoms with Crippen LogP contribution < -0.4 is 5.32 Å². The summed E-state index contributed by atoms with van der Waals surface area (Å²) in [5.74, 6) is 0.261.